The molecule has 0 bridgehead atoms. The van der Waals surface area contributed by atoms with Gasteiger partial charge in [-0.2, -0.15) is 18.3 Å². The first-order valence-corrected chi connectivity index (χ1v) is 12.1. The second-order valence-corrected chi connectivity index (χ2v) is 9.30. The predicted molar refractivity (Wildman–Crippen MR) is 137 cm³/mol. The largest absolute Gasteiger partial charge is 0.416 e. The Morgan fingerprint density at radius 2 is 1.97 bits per heavy atom. The van der Waals surface area contributed by atoms with Crippen molar-refractivity contribution in [2.24, 2.45) is 15.8 Å². The Labute approximate surface area is 221 Å². The SMILES string of the molecule is NC1=NC=NN2C(CN3CCOCC3)=CC(c3ccc(NC(=O)Nc4cc(C(F)(F)F)ccn4)c(Cl)c3)C12. The minimum Gasteiger partial charge on any atom is -0.385 e. The van der Waals surface area contributed by atoms with Gasteiger partial charge in [0.2, 0.25) is 0 Å². The molecule has 5 rings (SSSR count). The lowest BCUT2D eigenvalue weighted by Crippen LogP contribution is -2.45. The molecule has 0 aliphatic carbocycles. The maximum atomic E-state index is 12.9. The molecule has 2 aromatic rings. The number of amides is 2. The molecule has 2 atom stereocenters. The molecule has 1 aromatic heterocycles. The summed E-state index contributed by atoms with van der Waals surface area (Å²) in [7, 11) is 0. The van der Waals surface area contributed by atoms with Gasteiger partial charge in [-0.1, -0.05) is 23.7 Å². The average Bonchev–Trinajstić information content (AvgIpc) is 3.25. The van der Waals surface area contributed by atoms with Crippen LogP contribution in [0.2, 0.25) is 5.02 Å². The van der Waals surface area contributed by atoms with Gasteiger partial charge in [0.15, 0.2) is 0 Å². The van der Waals surface area contributed by atoms with E-state index in [4.69, 9.17) is 22.1 Å². The molecule has 4 heterocycles. The number of fused-ring (bicyclic) bond motifs is 1. The highest BCUT2D eigenvalue weighted by molar-refractivity contribution is 6.33. The lowest BCUT2D eigenvalue weighted by Gasteiger charge is -2.32. The second kappa shape index (κ2) is 10.6. The van der Waals surface area contributed by atoms with Gasteiger partial charge in [-0.3, -0.25) is 15.2 Å². The van der Waals surface area contributed by atoms with Crippen LogP contribution >= 0.6 is 11.6 Å². The van der Waals surface area contributed by atoms with Gasteiger partial charge in [-0.25, -0.2) is 14.8 Å². The minimum absolute atomic E-state index is 0.193. The van der Waals surface area contributed by atoms with Crippen LogP contribution in [-0.2, 0) is 10.9 Å². The van der Waals surface area contributed by atoms with Crippen LogP contribution in [0.3, 0.4) is 0 Å². The molecule has 2 amide bonds. The van der Waals surface area contributed by atoms with Crippen molar-refractivity contribution in [3.05, 3.63) is 64.5 Å². The van der Waals surface area contributed by atoms with Crippen LogP contribution in [0.1, 0.15) is 17.0 Å². The Bertz CT molecular complexity index is 1310. The highest BCUT2D eigenvalue weighted by atomic mass is 35.5. The van der Waals surface area contributed by atoms with Gasteiger partial charge >= 0.3 is 12.2 Å². The van der Waals surface area contributed by atoms with Gasteiger partial charge in [0.05, 0.1) is 29.5 Å². The number of nitrogens with one attached hydrogen (secondary N) is 2. The van der Waals surface area contributed by atoms with Crippen molar-refractivity contribution < 1.29 is 22.7 Å². The summed E-state index contributed by atoms with van der Waals surface area (Å²) in [5.41, 5.74) is 7.44. The Morgan fingerprint density at radius 3 is 2.71 bits per heavy atom. The molecular weight excluding hydrogens is 525 g/mol. The molecule has 0 radical (unpaired) electrons. The number of aromatic nitrogens is 1. The molecule has 2 unspecified atom stereocenters. The number of hydrogen-bond donors (Lipinski definition) is 3. The van der Waals surface area contributed by atoms with Crippen LogP contribution in [0.5, 0.6) is 0 Å². The Morgan fingerprint density at radius 1 is 1.18 bits per heavy atom. The van der Waals surface area contributed by atoms with Crippen molar-refractivity contribution in [1.29, 1.82) is 0 Å². The number of amidine groups is 1. The van der Waals surface area contributed by atoms with Crippen molar-refractivity contribution in [3.63, 3.8) is 0 Å². The number of benzene rings is 1. The monoisotopic (exact) mass is 548 g/mol. The fraction of sp³-hybridized carbons (Fsp3) is 0.333. The highest BCUT2D eigenvalue weighted by Crippen LogP contribution is 2.39. The molecule has 1 saturated heterocycles. The Hall–Kier alpha value is -3.68. The summed E-state index contributed by atoms with van der Waals surface area (Å²) in [4.78, 5) is 22.6. The normalized spacial score (nSPS) is 21.5. The van der Waals surface area contributed by atoms with Crippen molar-refractivity contribution in [2.75, 3.05) is 43.5 Å². The molecule has 1 fully saturated rings. The number of aliphatic imine (C=N–C) groups is 1. The number of anilines is 2. The molecule has 4 N–H and O–H groups in total. The van der Waals surface area contributed by atoms with E-state index in [0.717, 1.165) is 42.7 Å². The number of carbonyl (C=O) groups is 1. The summed E-state index contributed by atoms with van der Waals surface area (Å²) < 4.78 is 44.2. The maximum Gasteiger partial charge on any atom is 0.416 e. The molecule has 200 valence electrons. The number of urea groups is 1. The Kier molecular flexibility index (Phi) is 7.23. The smallest absolute Gasteiger partial charge is 0.385 e. The Balaban J connectivity index is 1.31. The van der Waals surface area contributed by atoms with Gasteiger partial charge in [0, 0.05) is 37.4 Å². The number of nitrogens with two attached hydrogens (primary N) is 1. The maximum absolute atomic E-state index is 12.9. The summed E-state index contributed by atoms with van der Waals surface area (Å²) in [6.07, 6.45) is -0.0650. The fourth-order valence-corrected chi connectivity index (χ4v) is 4.80. The van der Waals surface area contributed by atoms with Crippen LogP contribution in [-0.4, -0.2) is 72.0 Å². The molecule has 1 aromatic carbocycles. The number of carbonyl (C=O) groups excluding carboxylic acids is 1. The molecule has 14 heteroatoms. The number of halogens is 4. The van der Waals surface area contributed by atoms with Crippen LogP contribution in [0.4, 0.5) is 29.5 Å². The minimum atomic E-state index is -4.56. The zero-order valence-corrected chi connectivity index (χ0v) is 20.7. The summed E-state index contributed by atoms with van der Waals surface area (Å²) in [5.74, 6) is -0.0203. The lowest BCUT2D eigenvalue weighted by atomic mass is 9.92. The van der Waals surface area contributed by atoms with E-state index in [1.807, 2.05) is 5.01 Å². The van der Waals surface area contributed by atoms with Gasteiger partial charge < -0.3 is 15.8 Å². The van der Waals surface area contributed by atoms with E-state index in [-0.39, 0.29) is 28.5 Å². The summed E-state index contributed by atoms with van der Waals surface area (Å²) in [6.45, 7) is 3.66. The molecule has 0 saturated carbocycles. The molecule has 10 nitrogen and oxygen atoms in total. The van der Waals surface area contributed by atoms with Crippen molar-refractivity contribution in [2.45, 2.75) is 18.1 Å². The first-order valence-electron chi connectivity index (χ1n) is 11.8. The number of hydrazone groups is 1. The van der Waals surface area contributed by atoms with E-state index in [1.165, 1.54) is 6.34 Å². The van der Waals surface area contributed by atoms with Gasteiger partial charge in [-0.05, 0) is 29.8 Å². The van der Waals surface area contributed by atoms with Crippen LogP contribution < -0.4 is 16.4 Å². The number of alkyl halides is 3. The number of pyridine rings is 1. The third-order valence-electron chi connectivity index (χ3n) is 6.40. The third kappa shape index (κ3) is 5.59. The number of ether oxygens (including phenoxy) is 1. The number of hydrogen-bond acceptors (Lipinski definition) is 8. The molecule has 38 heavy (non-hydrogen) atoms. The topological polar surface area (TPSA) is 120 Å². The summed E-state index contributed by atoms with van der Waals surface area (Å²) >= 11 is 6.49. The second-order valence-electron chi connectivity index (χ2n) is 8.89. The molecule has 0 spiro atoms. The van der Waals surface area contributed by atoms with E-state index in [2.05, 4.69) is 36.7 Å². The third-order valence-corrected chi connectivity index (χ3v) is 6.71. The van der Waals surface area contributed by atoms with Gasteiger partial charge in [-0.15, -0.1) is 0 Å². The predicted octanol–water partition coefficient (Wildman–Crippen LogP) is 3.70. The van der Waals surface area contributed by atoms with Crippen LogP contribution in [0.15, 0.2) is 58.4 Å². The van der Waals surface area contributed by atoms with Crippen LogP contribution in [0.25, 0.3) is 0 Å². The van der Waals surface area contributed by atoms with Crippen molar-refractivity contribution >= 4 is 41.3 Å². The van der Waals surface area contributed by atoms with E-state index >= 15 is 0 Å². The number of morpholine rings is 1. The zero-order valence-electron chi connectivity index (χ0n) is 20.0. The molecular formula is C24H24ClF3N8O2. The molecule has 3 aliphatic heterocycles. The zero-order chi connectivity index (χ0) is 26.9. The van der Waals surface area contributed by atoms with E-state index in [9.17, 15) is 18.0 Å². The van der Waals surface area contributed by atoms with Gasteiger partial charge in [0.1, 0.15) is 24.0 Å². The van der Waals surface area contributed by atoms with Crippen molar-refractivity contribution in [3.8, 4) is 0 Å². The first kappa shape index (κ1) is 25.9. The number of nitrogens with zero attached hydrogens (tertiary/aromatic N) is 5. The van der Waals surface area contributed by atoms with E-state index in [1.54, 1.807) is 18.2 Å². The fourth-order valence-electron chi connectivity index (χ4n) is 4.56. The van der Waals surface area contributed by atoms with Gasteiger partial charge in [0.25, 0.3) is 0 Å². The first-order chi connectivity index (χ1) is 18.2. The highest BCUT2D eigenvalue weighted by Gasteiger charge is 2.40. The number of rotatable bonds is 5. The average molecular weight is 549 g/mol. The summed E-state index contributed by atoms with van der Waals surface area (Å²) in [5, 5.41) is 11.4. The molecule has 3 aliphatic rings. The summed E-state index contributed by atoms with van der Waals surface area (Å²) in [6, 6.07) is 5.59. The van der Waals surface area contributed by atoms with E-state index in [0.29, 0.717) is 25.6 Å². The quantitative estimate of drug-likeness (QED) is 0.524. The van der Waals surface area contributed by atoms with Crippen LogP contribution in [0, 0.1) is 0 Å². The van der Waals surface area contributed by atoms with Crippen molar-refractivity contribution in [1.82, 2.24) is 14.9 Å². The standard InChI is InChI=1S/C24H24ClF3N8O2/c25-18-9-14(1-2-19(18)33-23(37)34-20-10-15(3-4-30-20)24(26,27)28)17-11-16(12-35-5-7-38-8-6-35)36-21(17)22(29)31-13-32-36/h1-4,9-11,13,17,21H,5-8,12H2,(H2,29,31,32)(H2,30,33,34,37). The lowest BCUT2D eigenvalue weighted by molar-refractivity contribution is -0.137. The van der Waals surface area contributed by atoms with E-state index < -0.39 is 17.8 Å².